The number of nitrogens with one attached hydrogen (secondary N) is 2. The number of hydrogen-bond acceptors (Lipinski definition) is 3. The molecule has 2 N–H and O–H groups in total. The van der Waals surface area contributed by atoms with Crippen LogP contribution >= 0.6 is 11.6 Å². The first-order chi connectivity index (χ1) is 8.70. The van der Waals surface area contributed by atoms with E-state index in [9.17, 15) is 4.79 Å². The van der Waals surface area contributed by atoms with E-state index in [1.807, 2.05) is 0 Å². The minimum Gasteiger partial charge on any atom is -0.495 e. The molecule has 0 radical (unpaired) electrons. The number of piperidine rings is 1. The van der Waals surface area contributed by atoms with Crippen LogP contribution < -0.4 is 15.4 Å². The van der Waals surface area contributed by atoms with Crippen LogP contribution in [0, 0.1) is 5.92 Å². The topological polar surface area (TPSA) is 50.4 Å². The Morgan fingerprint density at radius 2 is 2.39 bits per heavy atom. The summed E-state index contributed by atoms with van der Waals surface area (Å²) in [6.45, 7) is 1.74. The normalized spacial score (nSPS) is 19.3. The molecule has 1 aromatic carbocycles. The zero-order valence-corrected chi connectivity index (χ0v) is 11.1. The van der Waals surface area contributed by atoms with Gasteiger partial charge in [-0.3, -0.25) is 4.79 Å². The van der Waals surface area contributed by atoms with Gasteiger partial charge in [0.1, 0.15) is 5.75 Å². The van der Waals surface area contributed by atoms with Gasteiger partial charge in [-0.2, -0.15) is 0 Å². The maximum absolute atomic E-state index is 12.0. The summed E-state index contributed by atoms with van der Waals surface area (Å²) in [4.78, 5) is 12.0. The number of rotatable bonds is 3. The summed E-state index contributed by atoms with van der Waals surface area (Å²) in [5.74, 6) is 0.692. The van der Waals surface area contributed by atoms with Gasteiger partial charge in [-0.15, -0.1) is 0 Å². The molecule has 2 rings (SSSR count). The molecule has 98 valence electrons. The molecule has 0 spiro atoms. The van der Waals surface area contributed by atoms with Crippen molar-refractivity contribution in [2.24, 2.45) is 5.92 Å². The third kappa shape index (κ3) is 3.15. The van der Waals surface area contributed by atoms with Gasteiger partial charge >= 0.3 is 0 Å². The number of carbonyl (C=O) groups excluding carboxylic acids is 1. The highest BCUT2D eigenvalue weighted by Crippen LogP contribution is 2.27. The van der Waals surface area contributed by atoms with Gasteiger partial charge < -0.3 is 15.4 Å². The molecule has 1 aliphatic rings. The molecule has 1 fully saturated rings. The average molecular weight is 269 g/mol. The molecule has 0 bridgehead atoms. The predicted molar refractivity (Wildman–Crippen MR) is 72.2 cm³/mol. The molecule has 0 aromatic heterocycles. The van der Waals surface area contributed by atoms with E-state index >= 15 is 0 Å². The summed E-state index contributed by atoms with van der Waals surface area (Å²) in [6, 6.07) is 5.24. The fourth-order valence-electron chi connectivity index (χ4n) is 2.06. The van der Waals surface area contributed by atoms with Crippen LogP contribution in [0.15, 0.2) is 18.2 Å². The van der Waals surface area contributed by atoms with E-state index < -0.39 is 0 Å². The summed E-state index contributed by atoms with van der Waals surface area (Å²) in [5.41, 5.74) is 0.705. The number of hydrogen-bond donors (Lipinski definition) is 2. The Morgan fingerprint density at radius 1 is 1.56 bits per heavy atom. The van der Waals surface area contributed by atoms with Crippen molar-refractivity contribution in [1.82, 2.24) is 5.32 Å². The third-order valence-electron chi connectivity index (χ3n) is 3.09. The second kappa shape index (κ2) is 6.07. The van der Waals surface area contributed by atoms with Gasteiger partial charge in [-0.25, -0.2) is 0 Å². The third-order valence-corrected chi connectivity index (χ3v) is 3.38. The Labute approximate surface area is 112 Å². The highest BCUT2D eigenvalue weighted by Gasteiger charge is 2.20. The lowest BCUT2D eigenvalue weighted by Crippen LogP contribution is -2.37. The molecule has 0 aliphatic carbocycles. The van der Waals surface area contributed by atoms with Crippen LogP contribution in [-0.2, 0) is 4.79 Å². The zero-order chi connectivity index (χ0) is 13.0. The lowest BCUT2D eigenvalue weighted by atomic mass is 9.99. The van der Waals surface area contributed by atoms with Gasteiger partial charge in [-0.1, -0.05) is 11.6 Å². The van der Waals surface area contributed by atoms with Crippen LogP contribution in [-0.4, -0.2) is 26.1 Å². The standard InChI is InChI=1S/C13H17ClN2O2/c1-18-12-5-4-10(7-11(12)14)16-13(17)9-3-2-6-15-8-9/h4-5,7,9,15H,2-3,6,8H2,1H3,(H,16,17)/t9-/m0/s1. The lowest BCUT2D eigenvalue weighted by molar-refractivity contribution is -0.120. The second-order valence-corrected chi connectivity index (χ2v) is 4.79. The molecular formula is C13H17ClN2O2. The maximum atomic E-state index is 12.0. The number of benzene rings is 1. The van der Waals surface area contributed by atoms with Crippen molar-refractivity contribution >= 4 is 23.2 Å². The number of methoxy groups -OCH3 is 1. The molecule has 4 nitrogen and oxygen atoms in total. The molecule has 1 amide bonds. The van der Waals surface area contributed by atoms with Crippen molar-refractivity contribution in [2.75, 3.05) is 25.5 Å². The molecule has 0 saturated carbocycles. The smallest absolute Gasteiger partial charge is 0.228 e. The van der Waals surface area contributed by atoms with Crippen molar-refractivity contribution in [1.29, 1.82) is 0 Å². The molecule has 1 saturated heterocycles. The summed E-state index contributed by atoms with van der Waals surface area (Å²) in [6.07, 6.45) is 1.98. The number of amides is 1. The van der Waals surface area contributed by atoms with Crippen molar-refractivity contribution in [3.05, 3.63) is 23.2 Å². The van der Waals surface area contributed by atoms with Gasteiger partial charge in [0.05, 0.1) is 18.1 Å². The summed E-state index contributed by atoms with van der Waals surface area (Å²) >= 11 is 6.01. The van der Waals surface area contributed by atoms with E-state index in [1.54, 1.807) is 25.3 Å². The second-order valence-electron chi connectivity index (χ2n) is 4.38. The monoisotopic (exact) mass is 268 g/mol. The molecular weight excluding hydrogens is 252 g/mol. The molecule has 18 heavy (non-hydrogen) atoms. The molecule has 1 heterocycles. The minimum absolute atomic E-state index is 0.0413. The first-order valence-electron chi connectivity index (χ1n) is 6.06. The Balaban J connectivity index is 2.00. The average Bonchev–Trinajstić information content (AvgIpc) is 2.40. The van der Waals surface area contributed by atoms with E-state index in [0.717, 1.165) is 25.9 Å². The largest absolute Gasteiger partial charge is 0.495 e. The fourth-order valence-corrected chi connectivity index (χ4v) is 2.32. The summed E-state index contributed by atoms with van der Waals surface area (Å²) < 4.78 is 5.07. The van der Waals surface area contributed by atoms with E-state index in [4.69, 9.17) is 16.3 Å². The van der Waals surface area contributed by atoms with E-state index in [-0.39, 0.29) is 11.8 Å². The summed E-state index contributed by atoms with van der Waals surface area (Å²) in [5, 5.41) is 6.61. The summed E-state index contributed by atoms with van der Waals surface area (Å²) in [7, 11) is 1.56. The fraction of sp³-hybridized carbons (Fsp3) is 0.462. The van der Waals surface area contributed by atoms with E-state index in [2.05, 4.69) is 10.6 Å². The molecule has 5 heteroatoms. The number of carbonyl (C=O) groups is 1. The van der Waals surface area contributed by atoms with Gasteiger partial charge in [-0.05, 0) is 37.6 Å². The van der Waals surface area contributed by atoms with Crippen LogP contribution in [0.2, 0.25) is 5.02 Å². The minimum atomic E-state index is 0.0413. The van der Waals surface area contributed by atoms with Crippen LogP contribution in [0.25, 0.3) is 0 Å². The Hall–Kier alpha value is -1.26. The Kier molecular flexibility index (Phi) is 4.44. The highest BCUT2D eigenvalue weighted by molar-refractivity contribution is 6.32. The SMILES string of the molecule is COc1ccc(NC(=O)[C@H]2CCCNC2)cc1Cl. The zero-order valence-electron chi connectivity index (χ0n) is 10.3. The predicted octanol–water partition coefficient (Wildman–Crippen LogP) is 2.29. The molecule has 1 aromatic rings. The Bertz CT molecular complexity index is 431. The lowest BCUT2D eigenvalue weighted by Gasteiger charge is -2.22. The van der Waals surface area contributed by atoms with Crippen LogP contribution in [0.4, 0.5) is 5.69 Å². The first kappa shape index (κ1) is 13.2. The van der Waals surface area contributed by atoms with Crippen LogP contribution in [0.1, 0.15) is 12.8 Å². The van der Waals surface area contributed by atoms with Crippen LogP contribution in [0.3, 0.4) is 0 Å². The van der Waals surface area contributed by atoms with Crippen molar-refractivity contribution in [3.8, 4) is 5.75 Å². The molecule has 0 unspecified atom stereocenters. The molecule has 1 atom stereocenters. The Morgan fingerprint density at radius 3 is 3.00 bits per heavy atom. The van der Waals surface area contributed by atoms with Crippen molar-refractivity contribution in [3.63, 3.8) is 0 Å². The number of halogens is 1. The van der Waals surface area contributed by atoms with E-state index in [1.165, 1.54) is 0 Å². The number of ether oxygens (including phenoxy) is 1. The highest BCUT2D eigenvalue weighted by atomic mass is 35.5. The van der Waals surface area contributed by atoms with Gasteiger partial charge in [0.25, 0.3) is 0 Å². The van der Waals surface area contributed by atoms with Gasteiger partial charge in [0.15, 0.2) is 0 Å². The number of anilines is 1. The quantitative estimate of drug-likeness (QED) is 0.884. The van der Waals surface area contributed by atoms with E-state index in [0.29, 0.717) is 16.5 Å². The van der Waals surface area contributed by atoms with Crippen molar-refractivity contribution < 1.29 is 9.53 Å². The maximum Gasteiger partial charge on any atom is 0.228 e. The first-order valence-corrected chi connectivity index (χ1v) is 6.43. The van der Waals surface area contributed by atoms with Gasteiger partial charge in [0.2, 0.25) is 5.91 Å². The molecule has 1 aliphatic heterocycles. The van der Waals surface area contributed by atoms with Gasteiger partial charge in [0, 0.05) is 12.2 Å². The van der Waals surface area contributed by atoms with Crippen molar-refractivity contribution in [2.45, 2.75) is 12.8 Å². The van der Waals surface area contributed by atoms with Crippen LogP contribution in [0.5, 0.6) is 5.75 Å².